The number of nitrogen functional groups attached to an aromatic ring is 2. The number of aryl methyl sites for hydroxylation is 8. The summed E-state index contributed by atoms with van der Waals surface area (Å²) in [6.07, 6.45) is 24.5. The molecule has 0 atom stereocenters. The molecule has 0 radical (unpaired) electrons. The van der Waals surface area contributed by atoms with Crippen LogP contribution in [0.3, 0.4) is 0 Å². The molecule has 103 heavy (non-hydrogen) atoms. The van der Waals surface area contributed by atoms with Crippen molar-refractivity contribution in [3.8, 4) is 17.0 Å². The minimum atomic E-state index is -4.67. The number of rotatable bonds is 6. The molecule has 1 fully saturated rings. The van der Waals surface area contributed by atoms with Crippen LogP contribution in [0.5, 0.6) is 5.88 Å². The number of amides is 1. The van der Waals surface area contributed by atoms with E-state index < -0.39 is 14.7 Å². The summed E-state index contributed by atoms with van der Waals surface area (Å²) in [5.41, 5.74) is 22.5. The first-order valence-corrected chi connectivity index (χ1v) is 36.1. The number of pyridine rings is 9. The number of H-pyrrole nitrogens is 1. The molecular weight excluding hydrogens is 1810 g/mol. The zero-order valence-corrected chi connectivity index (χ0v) is 74.4. The first-order valence-electron chi connectivity index (χ1n) is 28.3. The first kappa shape index (κ1) is 104. The van der Waals surface area contributed by atoms with Crippen LogP contribution < -0.4 is 96.2 Å². The Morgan fingerprint density at radius 3 is 1.52 bits per heavy atom. The van der Waals surface area contributed by atoms with E-state index >= 15 is 0 Å². The van der Waals surface area contributed by atoms with Gasteiger partial charge in [0.15, 0.2) is 16.7 Å². The van der Waals surface area contributed by atoms with Crippen molar-refractivity contribution in [3.05, 3.63) is 249 Å². The van der Waals surface area contributed by atoms with E-state index in [4.69, 9.17) is 112 Å². The number of carbonyl (C=O) groups is 1. The number of hydrogen-bond donors (Lipinski definition) is 7. The Morgan fingerprint density at radius 1 is 0.660 bits per heavy atom. The van der Waals surface area contributed by atoms with Crippen LogP contribution in [-0.4, -0.2) is 84.6 Å². The van der Waals surface area contributed by atoms with Crippen molar-refractivity contribution in [2.45, 2.75) is 105 Å². The smallest absolute Gasteiger partial charge is 0.619 e. The molecule has 0 aromatic carbocycles. The van der Waals surface area contributed by atoms with Crippen LogP contribution in [0.4, 0.5) is 23.1 Å². The predicted octanol–water partition coefficient (Wildman–Crippen LogP) is 12.3. The van der Waals surface area contributed by atoms with Gasteiger partial charge in [0, 0.05) is 131 Å². The number of hydrogen-bond acceptors (Lipinski definition) is 22. The molecule has 1 aliphatic rings. The molecule has 10 rings (SSSR count). The summed E-state index contributed by atoms with van der Waals surface area (Å²) in [4.78, 5) is 70.2. The van der Waals surface area contributed by atoms with Gasteiger partial charge in [-0.2, -0.15) is 13.1 Å². The Labute approximate surface area is 709 Å². The van der Waals surface area contributed by atoms with Crippen molar-refractivity contribution in [1.82, 2.24) is 39.9 Å². The molecule has 1 amide bonds. The van der Waals surface area contributed by atoms with Gasteiger partial charge in [0.1, 0.15) is 23.6 Å². The molecule has 40 heteroatoms. The number of aromatic amines is 1. The molecule has 0 aliphatic heterocycles. The minimum absolute atomic E-state index is 0. The molecule has 1 saturated carbocycles. The molecule has 0 spiro atoms. The van der Waals surface area contributed by atoms with Gasteiger partial charge >= 0.3 is 69.5 Å². The van der Waals surface area contributed by atoms with Gasteiger partial charge in [0.05, 0.1) is 10.9 Å². The Hall–Kier alpha value is -4.86. The maximum Gasteiger partial charge on any atom is 1.00 e. The van der Waals surface area contributed by atoms with Crippen molar-refractivity contribution >= 4 is 177 Å². The van der Waals surface area contributed by atoms with Crippen LogP contribution in [0.2, 0.25) is 0 Å². The van der Waals surface area contributed by atoms with E-state index in [0.29, 0.717) is 29.2 Å². The van der Waals surface area contributed by atoms with Gasteiger partial charge in [-0.3, -0.25) is 33.6 Å². The monoisotopic (exact) mass is 1880 g/mol. The SMILES string of the molecule is Cc1c[n+]([O-])ccc1Br.Cc1c[nH]c(=O)cc1Br.Cc1ccncc1C(=O)Nc1ccc(-c2cc(OC3CC3)ncc2C)cn1.Cc1cnc(N)cc1Br.Cc1cnc(NC(C)(C)C)cc1Br.Cc1cnccc1Br.Cc1cnccc1N.ClC(Cl)Cl.ClCCl.O=N[O-].O=N[O-].O=S(=O)(O)O.[Na+].[Na+]. The van der Waals surface area contributed by atoms with E-state index in [-0.39, 0.29) is 81.5 Å². The number of ether oxygens (including phenoxy) is 1. The molecular formula is C63H73Br5Cl5N15Na2O12S. The maximum absolute atomic E-state index is 12.4. The molecule has 9 aromatic heterocycles. The normalized spacial score (nSPS) is 10.2. The fourth-order valence-electron chi connectivity index (χ4n) is 6.24. The summed E-state index contributed by atoms with van der Waals surface area (Å²) >= 11 is 40.6. The molecule has 27 nitrogen and oxygen atoms in total. The maximum atomic E-state index is 12.4. The molecule has 1 aliphatic carbocycles. The van der Waals surface area contributed by atoms with E-state index in [1.54, 1.807) is 79.9 Å². The number of anilines is 4. The topological polar surface area (TPSA) is 432 Å². The third-order valence-corrected chi connectivity index (χ3v) is 15.6. The van der Waals surface area contributed by atoms with Gasteiger partial charge in [-0.1, -0.05) is 114 Å². The van der Waals surface area contributed by atoms with Crippen molar-refractivity contribution in [2.24, 2.45) is 10.7 Å². The van der Waals surface area contributed by atoms with E-state index in [2.05, 4.69) is 151 Å². The van der Waals surface area contributed by atoms with Crippen LogP contribution >= 0.6 is 138 Å². The number of nitrogens with one attached hydrogen (secondary N) is 3. The zero-order valence-electron chi connectivity index (χ0n) is 57.8. The average molecular weight is 1890 g/mol. The molecule has 0 unspecified atom stereocenters. The number of nitrogens with two attached hydrogens (primary N) is 2. The summed E-state index contributed by atoms with van der Waals surface area (Å²) in [6, 6.07) is 18.2. The van der Waals surface area contributed by atoms with E-state index in [0.717, 1.165) is 112 Å². The second kappa shape index (κ2) is 58.3. The number of aromatic nitrogens is 9. The van der Waals surface area contributed by atoms with E-state index in [1.165, 1.54) is 24.0 Å². The van der Waals surface area contributed by atoms with Crippen molar-refractivity contribution in [3.63, 3.8) is 0 Å². The predicted molar refractivity (Wildman–Crippen MR) is 422 cm³/mol. The van der Waals surface area contributed by atoms with Gasteiger partial charge in [-0.25, -0.2) is 19.9 Å². The van der Waals surface area contributed by atoms with Crippen LogP contribution in [0.15, 0.2) is 179 Å². The summed E-state index contributed by atoms with van der Waals surface area (Å²) < 4.78 is 42.4. The minimum Gasteiger partial charge on any atom is -0.619 e. The summed E-state index contributed by atoms with van der Waals surface area (Å²) in [6.45, 7) is 21.9. The van der Waals surface area contributed by atoms with Crippen molar-refractivity contribution < 1.29 is 90.9 Å². The molecule has 9 N–H and O–H groups in total. The molecule has 0 bridgehead atoms. The van der Waals surface area contributed by atoms with Gasteiger partial charge in [0.2, 0.25) is 11.4 Å². The van der Waals surface area contributed by atoms with Crippen LogP contribution in [0, 0.1) is 80.8 Å². The van der Waals surface area contributed by atoms with Crippen LogP contribution in [0.25, 0.3) is 11.1 Å². The molecule has 550 valence electrons. The second-order valence-corrected chi connectivity index (χ2v) is 28.7. The largest absolute Gasteiger partial charge is 1.00 e. The average Bonchev–Trinajstić information content (AvgIpc) is 1.79. The fourth-order valence-corrected chi connectivity index (χ4v) is 7.66. The number of alkyl halides is 5. The fraction of sp³-hybridized carbons (Fsp3) is 0.270. The Morgan fingerprint density at radius 2 is 1.13 bits per heavy atom. The third kappa shape index (κ3) is 54.4. The number of nitrogens with zero attached hydrogens (tertiary/aromatic N) is 10. The summed E-state index contributed by atoms with van der Waals surface area (Å²) in [7, 11) is -4.67. The van der Waals surface area contributed by atoms with Crippen LogP contribution in [0.1, 0.15) is 88.5 Å². The molecule has 9 aromatic rings. The van der Waals surface area contributed by atoms with Gasteiger partial charge in [0.25, 0.3) is 5.91 Å². The first-order chi connectivity index (χ1) is 47.2. The van der Waals surface area contributed by atoms with Crippen molar-refractivity contribution in [1.29, 1.82) is 0 Å². The number of carbonyl (C=O) groups excluding carboxylic acids is 1. The quantitative estimate of drug-likeness (QED) is 0.0155. The Bertz CT molecular complexity index is 3970. The van der Waals surface area contributed by atoms with Crippen LogP contribution in [-0.2, 0) is 10.4 Å². The zero-order chi connectivity index (χ0) is 77.6. The van der Waals surface area contributed by atoms with Crippen molar-refractivity contribution in [2.75, 3.05) is 27.4 Å². The summed E-state index contributed by atoms with van der Waals surface area (Å²) in [5.74, 6) is 2.37. The second-order valence-electron chi connectivity index (χ2n) is 20.7. The Kier molecular flexibility index (Phi) is 59.1. The van der Waals surface area contributed by atoms with Gasteiger partial charge in [-0.15, -0.1) is 33.9 Å². The third-order valence-electron chi connectivity index (χ3n) is 11.2. The molecule has 9 heterocycles. The summed E-state index contributed by atoms with van der Waals surface area (Å²) in [5, 5.41) is 34.9. The Balaban J connectivity index is -0.000000557. The van der Waals surface area contributed by atoms with E-state index in [1.807, 2.05) is 98.2 Å². The van der Waals surface area contributed by atoms with E-state index in [9.17, 15) is 14.8 Å². The van der Waals surface area contributed by atoms with Gasteiger partial charge in [-0.05, 0) is 176 Å². The standard InChI is InChI=1S/C21H20N4O2.C10H15BrN2.C6H7BrN2.2C6H6BrNO.C6H6BrN.C6H8N2.CHCl3.CH2Cl2.2HNO2.2Na.H2O4S/c1-13-7-8-22-12-18(13)21(26)25-19-6-3-15(11-23-19)17-9-20(24-10-14(17)2)27-16-4-5-16;1-7-6-12-9(5-8(7)11)13-10(2,3)4;1-4-3-9-6(8)2-5(4)7;1-4-3-8-6(9)2-5(4)7;1-5-4-8(9)3-2-6(5)7;2*1-5-4-8-3-2-6(5)7;2-1(3)4;3*2-1-3;;;1-5(2,3)4/h3,6-12,16H,4-5H2,1-2H3,(H,23,25,26);5-6H,1-4H3,(H,12,13);2-3H,1H3,(H2,8,9);2-3H,1H3,(H,8,9);2-4H,1H3;2-4H,1H3;2-4H,1H3,(H2,7,8);1H;1H2;2*(H,2,3);;;(H2,1,2,3,4)/q;;;;;;;;;;;2*+1;/p-2. The molecule has 0 saturated heterocycles. The number of halogens is 10. The van der Waals surface area contributed by atoms with Gasteiger partial charge < -0.3 is 57.3 Å².